The number of nitriles is 1. The second-order valence-electron chi connectivity index (χ2n) is 4.73. The van der Waals surface area contributed by atoms with E-state index in [1.54, 1.807) is 0 Å². The van der Waals surface area contributed by atoms with E-state index in [0.29, 0.717) is 5.56 Å². The molecule has 0 bridgehead atoms. The van der Waals surface area contributed by atoms with Crippen LogP contribution >= 0.6 is 11.6 Å². The first kappa shape index (κ1) is 14.4. The van der Waals surface area contributed by atoms with Crippen LogP contribution in [0.4, 0.5) is 5.69 Å². The molecule has 0 aliphatic carbocycles. The molecule has 1 N–H and O–H groups in total. The molecule has 0 amide bonds. The van der Waals surface area contributed by atoms with E-state index in [2.05, 4.69) is 30.4 Å². The van der Waals surface area contributed by atoms with Crippen molar-refractivity contribution in [1.82, 2.24) is 0 Å². The highest BCUT2D eigenvalue weighted by Crippen LogP contribution is 2.25. The fourth-order valence-electron chi connectivity index (χ4n) is 2.15. The lowest BCUT2D eigenvalue weighted by Crippen LogP contribution is -2.10. The van der Waals surface area contributed by atoms with Gasteiger partial charge in [0.25, 0.3) is 0 Å². The highest BCUT2D eigenvalue weighted by atomic mass is 35.5. The maximum atomic E-state index is 8.82. The zero-order valence-corrected chi connectivity index (χ0v) is 12.2. The summed E-state index contributed by atoms with van der Waals surface area (Å²) in [4.78, 5) is 0. The van der Waals surface area contributed by atoms with Crippen molar-refractivity contribution in [2.45, 2.75) is 25.8 Å². The van der Waals surface area contributed by atoms with Gasteiger partial charge in [-0.1, -0.05) is 37.1 Å². The molecule has 102 valence electrons. The largest absolute Gasteiger partial charge is 0.378 e. The van der Waals surface area contributed by atoms with Crippen molar-refractivity contribution < 1.29 is 0 Å². The van der Waals surface area contributed by atoms with Gasteiger partial charge in [0.05, 0.1) is 17.7 Å². The van der Waals surface area contributed by atoms with Gasteiger partial charge in [-0.2, -0.15) is 5.26 Å². The minimum absolute atomic E-state index is 0.255. The van der Waals surface area contributed by atoms with Gasteiger partial charge in [-0.25, -0.2) is 0 Å². The molecule has 1 unspecified atom stereocenters. The number of anilines is 1. The molecule has 0 heterocycles. The Hall–Kier alpha value is -1.98. The van der Waals surface area contributed by atoms with E-state index in [9.17, 15) is 0 Å². The lowest BCUT2D eigenvalue weighted by Gasteiger charge is -2.20. The zero-order chi connectivity index (χ0) is 14.4. The maximum absolute atomic E-state index is 8.82. The first-order chi connectivity index (χ1) is 9.72. The van der Waals surface area contributed by atoms with Crippen LogP contribution in [0.2, 0.25) is 5.02 Å². The molecule has 2 aromatic rings. The van der Waals surface area contributed by atoms with Crippen LogP contribution in [0.15, 0.2) is 48.5 Å². The van der Waals surface area contributed by atoms with Crippen LogP contribution in [-0.2, 0) is 0 Å². The molecule has 0 saturated heterocycles. The third-order valence-electron chi connectivity index (χ3n) is 3.20. The van der Waals surface area contributed by atoms with Crippen LogP contribution in [0.1, 0.15) is 36.9 Å². The van der Waals surface area contributed by atoms with E-state index >= 15 is 0 Å². The van der Waals surface area contributed by atoms with Crippen LogP contribution in [0.3, 0.4) is 0 Å². The molecule has 2 nitrogen and oxygen atoms in total. The van der Waals surface area contributed by atoms with E-state index in [-0.39, 0.29) is 6.04 Å². The molecule has 2 rings (SSSR count). The van der Waals surface area contributed by atoms with Gasteiger partial charge in [-0.3, -0.25) is 0 Å². The number of halogens is 1. The second-order valence-corrected chi connectivity index (χ2v) is 5.16. The predicted octanol–water partition coefficient (Wildman–Crippen LogP) is 5.16. The summed E-state index contributed by atoms with van der Waals surface area (Å²) in [6.07, 6.45) is 2.14. The molecule has 2 aromatic carbocycles. The number of rotatable bonds is 5. The maximum Gasteiger partial charge on any atom is 0.0991 e. The van der Waals surface area contributed by atoms with E-state index in [1.807, 2.05) is 36.4 Å². The summed E-state index contributed by atoms with van der Waals surface area (Å²) < 4.78 is 0. The minimum atomic E-state index is 0.255. The molecular formula is C17H17ClN2. The topological polar surface area (TPSA) is 35.8 Å². The molecule has 0 aromatic heterocycles. The third kappa shape index (κ3) is 3.76. The summed E-state index contributed by atoms with van der Waals surface area (Å²) in [6.45, 7) is 2.17. The molecule has 1 atom stereocenters. The summed E-state index contributed by atoms with van der Waals surface area (Å²) >= 11 is 5.94. The van der Waals surface area contributed by atoms with Crippen molar-refractivity contribution in [3.8, 4) is 6.07 Å². The Morgan fingerprint density at radius 1 is 1.10 bits per heavy atom. The van der Waals surface area contributed by atoms with E-state index in [4.69, 9.17) is 16.9 Å². The van der Waals surface area contributed by atoms with Gasteiger partial charge >= 0.3 is 0 Å². The summed E-state index contributed by atoms with van der Waals surface area (Å²) in [7, 11) is 0. The first-order valence-electron chi connectivity index (χ1n) is 6.75. The Labute approximate surface area is 125 Å². The molecule has 3 heteroatoms. The van der Waals surface area contributed by atoms with Crippen molar-refractivity contribution in [3.05, 3.63) is 64.7 Å². The smallest absolute Gasteiger partial charge is 0.0991 e. The Kier molecular flexibility index (Phi) is 5.03. The molecule has 0 saturated carbocycles. The van der Waals surface area contributed by atoms with Crippen molar-refractivity contribution in [2.24, 2.45) is 0 Å². The number of nitrogens with zero attached hydrogens (tertiary/aromatic N) is 1. The van der Waals surface area contributed by atoms with Crippen LogP contribution in [0.25, 0.3) is 0 Å². The Balaban J connectivity index is 2.16. The highest BCUT2D eigenvalue weighted by Gasteiger charge is 2.10. The average molecular weight is 285 g/mol. The van der Waals surface area contributed by atoms with Crippen LogP contribution in [0.5, 0.6) is 0 Å². The van der Waals surface area contributed by atoms with Crippen LogP contribution < -0.4 is 5.32 Å². The fourth-order valence-corrected chi connectivity index (χ4v) is 2.27. The van der Waals surface area contributed by atoms with E-state index < -0.39 is 0 Å². The molecule has 20 heavy (non-hydrogen) atoms. The highest BCUT2D eigenvalue weighted by molar-refractivity contribution is 6.30. The fraction of sp³-hybridized carbons (Fsp3) is 0.235. The Morgan fingerprint density at radius 2 is 1.75 bits per heavy atom. The summed E-state index contributed by atoms with van der Waals surface area (Å²) in [6, 6.07) is 17.9. The van der Waals surface area contributed by atoms with E-state index in [0.717, 1.165) is 23.6 Å². The van der Waals surface area contributed by atoms with Crippen molar-refractivity contribution >= 4 is 17.3 Å². The van der Waals surface area contributed by atoms with Crippen molar-refractivity contribution in [1.29, 1.82) is 5.26 Å². The number of nitrogens with one attached hydrogen (secondary N) is 1. The summed E-state index contributed by atoms with van der Waals surface area (Å²) in [5.74, 6) is 0. The number of hydrogen-bond acceptors (Lipinski definition) is 2. The Morgan fingerprint density at radius 3 is 2.30 bits per heavy atom. The lowest BCUT2D eigenvalue weighted by atomic mass is 10.0. The monoisotopic (exact) mass is 284 g/mol. The summed E-state index contributed by atoms with van der Waals surface area (Å²) in [5, 5.41) is 13.1. The molecule has 0 aliphatic heterocycles. The van der Waals surface area contributed by atoms with Gasteiger partial charge in [-0.15, -0.1) is 0 Å². The van der Waals surface area contributed by atoms with Gasteiger partial charge in [-0.05, 0) is 48.4 Å². The number of hydrogen-bond donors (Lipinski definition) is 1. The molecule has 0 radical (unpaired) electrons. The minimum Gasteiger partial charge on any atom is -0.378 e. The van der Waals surface area contributed by atoms with Crippen molar-refractivity contribution in [3.63, 3.8) is 0 Å². The molecule has 0 aliphatic rings. The van der Waals surface area contributed by atoms with Crippen LogP contribution in [-0.4, -0.2) is 0 Å². The zero-order valence-electron chi connectivity index (χ0n) is 11.4. The standard InChI is InChI=1S/C17H17ClN2/c1-2-3-17(14-6-8-15(18)9-7-14)20-16-10-4-13(12-19)5-11-16/h4-11,17,20H,2-3H2,1H3. The molecule has 0 spiro atoms. The van der Waals surface area contributed by atoms with Gasteiger partial charge in [0, 0.05) is 10.7 Å². The SMILES string of the molecule is CCCC(Nc1ccc(C#N)cc1)c1ccc(Cl)cc1. The molecule has 0 fully saturated rings. The van der Waals surface area contributed by atoms with Gasteiger partial charge in [0.1, 0.15) is 0 Å². The van der Waals surface area contributed by atoms with Crippen molar-refractivity contribution in [2.75, 3.05) is 5.32 Å². The first-order valence-corrected chi connectivity index (χ1v) is 7.13. The lowest BCUT2D eigenvalue weighted by molar-refractivity contribution is 0.677. The van der Waals surface area contributed by atoms with Gasteiger partial charge < -0.3 is 5.32 Å². The van der Waals surface area contributed by atoms with E-state index in [1.165, 1.54) is 5.56 Å². The third-order valence-corrected chi connectivity index (χ3v) is 3.46. The quantitative estimate of drug-likeness (QED) is 0.822. The predicted molar refractivity (Wildman–Crippen MR) is 83.9 cm³/mol. The number of benzene rings is 2. The van der Waals surface area contributed by atoms with Crippen LogP contribution in [0, 0.1) is 11.3 Å². The normalized spacial score (nSPS) is 11.7. The van der Waals surface area contributed by atoms with Gasteiger partial charge in [0.2, 0.25) is 0 Å². The molecular weight excluding hydrogens is 268 g/mol. The summed E-state index contributed by atoms with van der Waals surface area (Å²) in [5.41, 5.74) is 2.92. The second kappa shape index (κ2) is 6.98. The van der Waals surface area contributed by atoms with Gasteiger partial charge in [0.15, 0.2) is 0 Å². The average Bonchev–Trinajstić information content (AvgIpc) is 2.48. The Bertz CT molecular complexity index is 582.